The monoisotopic (exact) mass is 298 g/mol. The molecule has 0 bridgehead atoms. The van der Waals surface area contributed by atoms with Crippen LogP contribution in [0.1, 0.15) is 11.1 Å². The predicted octanol–water partition coefficient (Wildman–Crippen LogP) is 4.52. The Hall–Kier alpha value is -2.37. The van der Waals surface area contributed by atoms with E-state index in [0.29, 0.717) is 11.1 Å². The molecule has 1 aromatic carbocycles. The third-order valence-corrected chi connectivity index (χ3v) is 2.47. The summed E-state index contributed by atoms with van der Waals surface area (Å²) < 4.78 is 50.4. The van der Waals surface area contributed by atoms with E-state index in [1.54, 1.807) is 0 Å². The topological polar surface area (TPSA) is 15.6 Å². The summed E-state index contributed by atoms with van der Waals surface area (Å²) in [5.41, 5.74) is 0.298. The lowest BCUT2D eigenvalue weighted by Gasteiger charge is -2.08. The maximum absolute atomic E-state index is 12.9. The zero-order valence-corrected chi connectivity index (χ0v) is 11.4. The lowest BCUT2D eigenvalue weighted by atomic mass is 10.1. The normalized spacial score (nSPS) is 12.5. The van der Waals surface area contributed by atoms with Crippen LogP contribution in [0, 0.1) is 0 Å². The van der Waals surface area contributed by atoms with E-state index in [1.807, 2.05) is 0 Å². The van der Waals surface area contributed by atoms with E-state index in [9.17, 15) is 17.7 Å². The SMILES string of the molecule is C=CC(=C)/C=C/C(=N/N(C)F)c1ccc(C(F)(F)F)cc1. The summed E-state index contributed by atoms with van der Waals surface area (Å²) in [6.07, 6.45) is 0.0510. The van der Waals surface area contributed by atoms with Crippen LogP contribution in [0.15, 0.2) is 66.3 Å². The van der Waals surface area contributed by atoms with Gasteiger partial charge in [0.25, 0.3) is 0 Å². The van der Waals surface area contributed by atoms with Crippen molar-refractivity contribution in [3.05, 3.63) is 72.4 Å². The number of allylic oxidation sites excluding steroid dienone is 4. The van der Waals surface area contributed by atoms with E-state index in [4.69, 9.17) is 0 Å². The first-order valence-electron chi connectivity index (χ1n) is 5.89. The van der Waals surface area contributed by atoms with Crippen molar-refractivity contribution in [3.8, 4) is 0 Å². The maximum Gasteiger partial charge on any atom is 0.416 e. The van der Waals surface area contributed by atoms with E-state index in [0.717, 1.165) is 19.2 Å². The number of halogens is 4. The van der Waals surface area contributed by atoms with Gasteiger partial charge in [0, 0.05) is 5.56 Å². The second-order valence-electron chi connectivity index (χ2n) is 4.12. The van der Waals surface area contributed by atoms with E-state index >= 15 is 0 Å². The molecular formula is C15H14F4N2. The molecule has 0 aliphatic rings. The number of hydrogen-bond donors (Lipinski definition) is 0. The lowest BCUT2D eigenvalue weighted by molar-refractivity contribution is -0.137. The Kier molecular flexibility index (Phi) is 5.46. The van der Waals surface area contributed by atoms with Gasteiger partial charge in [-0.05, 0) is 23.8 Å². The molecule has 0 fully saturated rings. The third kappa shape index (κ3) is 5.25. The molecule has 2 nitrogen and oxygen atoms in total. The first-order chi connectivity index (χ1) is 9.74. The molecule has 0 atom stereocenters. The molecule has 0 saturated heterocycles. The molecule has 1 aromatic rings. The zero-order valence-electron chi connectivity index (χ0n) is 11.4. The van der Waals surface area contributed by atoms with Crippen molar-refractivity contribution in [2.24, 2.45) is 5.10 Å². The minimum absolute atomic E-state index is 0.0774. The van der Waals surface area contributed by atoms with Crippen molar-refractivity contribution in [3.63, 3.8) is 0 Å². The van der Waals surface area contributed by atoms with Crippen LogP contribution in [0.25, 0.3) is 0 Å². The Morgan fingerprint density at radius 2 is 1.76 bits per heavy atom. The Morgan fingerprint density at radius 3 is 2.19 bits per heavy atom. The van der Waals surface area contributed by atoms with Gasteiger partial charge < -0.3 is 0 Å². The minimum atomic E-state index is -4.42. The molecule has 6 heteroatoms. The lowest BCUT2D eigenvalue weighted by Crippen LogP contribution is -2.07. The highest BCUT2D eigenvalue weighted by molar-refractivity contribution is 6.08. The molecule has 0 aromatic heterocycles. The van der Waals surface area contributed by atoms with Gasteiger partial charge in [-0.15, -0.1) is 10.3 Å². The van der Waals surface area contributed by atoms with E-state index in [2.05, 4.69) is 18.3 Å². The highest BCUT2D eigenvalue weighted by atomic mass is 19.4. The molecule has 0 heterocycles. The van der Waals surface area contributed by atoms with Crippen molar-refractivity contribution in [1.29, 1.82) is 0 Å². The summed E-state index contributed by atoms with van der Waals surface area (Å²) in [6.45, 7) is 7.16. The number of rotatable bonds is 5. The summed E-state index contributed by atoms with van der Waals surface area (Å²) in [5, 5.41) is 3.66. The molecule has 21 heavy (non-hydrogen) atoms. The van der Waals surface area contributed by atoms with E-state index < -0.39 is 11.7 Å². The van der Waals surface area contributed by atoms with Gasteiger partial charge in [0.05, 0.1) is 18.3 Å². The fourth-order valence-electron chi connectivity index (χ4n) is 1.42. The van der Waals surface area contributed by atoms with Crippen LogP contribution in [0.3, 0.4) is 0 Å². The van der Waals surface area contributed by atoms with Gasteiger partial charge in [-0.3, -0.25) is 0 Å². The molecule has 0 amide bonds. The highest BCUT2D eigenvalue weighted by Crippen LogP contribution is 2.29. The standard InChI is InChI=1S/C15H14F4N2/c1-4-11(2)5-10-14(20-21(3)19)12-6-8-13(9-7-12)15(16,17)18/h4-10H,1-2H2,3H3/b10-5+,20-14-. The van der Waals surface area contributed by atoms with Crippen LogP contribution >= 0.6 is 0 Å². The summed E-state index contributed by atoms with van der Waals surface area (Å²) in [4.78, 5) is 0. The minimum Gasteiger partial charge on any atom is -0.166 e. The van der Waals surface area contributed by atoms with Crippen molar-refractivity contribution in [1.82, 2.24) is 5.23 Å². The van der Waals surface area contributed by atoms with Gasteiger partial charge in [-0.1, -0.05) is 41.9 Å². The first-order valence-corrected chi connectivity index (χ1v) is 5.89. The van der Waals surface area contributed by atoms with Crippen LogP contribution in [-0.4, -0.2) is 18.0 Å². The van der Waals surface area contributed by atoms with Gasteiger partial charge in [-0.2, -0.15) is 13.2 Å². The second-order valence-corrected chi connectivity index (χ2v) is 4.12. The molecule has 1 rings (SSSR count). The molecular weight excluding hydrogens is 284 g/mol. The van der Waals surface area contributed by atoms with Crippen molar-refractivity contribution >= 4 is 5.71 Å². The number of hydrazone groups is 1. The second kappa shape index (κ2) is 6.88. The number of benzene rings is 1. The molecule has 0 radical (unpaired) electrons. The van der Waals surface area contributed by atoms with Crippen molar-refractivity contribution in [2.75, 3.05) is 7.05 Å². The van der Waals surface area contributed by atoms with Gasteiger partial charge in [0.1, 0.15) is 0 Å². The quantitative estimate of drug-likeness (QED) is 0.256. The van der Waals surface area contributed by atoms with Gasteiger partial charge >= 0.3 is 6.18 Å². The maximum atomic E-state index is 12.9. The average molecular weight is 298 g/mol. The number of hydrogen-bond acceptors (Lipinski definition) is 2. The molecule has 0 saturated carbocycles. The van der Waals surface area contributed by atoms with Crippen LogP contribution in [0.5, 0.6) is 0 Å². The third-order valence-electron chi connectivity index (χ3n) is 2.47. The summed E-state index contributed by atoms with van der Waals surface area (Å²) in [6, 6.07) is 4.29. The Morgan fingerprint density at radius 1 is 1.19 bits per heavy atom. The molecule has 0 unspecified atom stereocenters. The number of nitrogens with zero attached hydrogens (tertiary/aromatic N) is 2. The summed E-state index contributed by atoms with van der Waals surface area (Å²) >= 11 is 0. The van der Waals surface area contributed by atoms with Crippen LogP contribution in [-0.2, 0) is 6.18 Å². The van der Waals surface area contributed by atoms with E-state index in [-0.39, 0.29) is 10.9 Å². The molecule has 0 aliphatic carbocycles. The van der Waals surface area contributed by atoms with E-state index in [1.165, 1.54) is 30.4 Å². The Labute approximate surface area is 120 Å². The van der Waals surface area contributed by atoms with Crippen LogP contribution in [0.2, 0.25) is 0 Å². The Bertz CT molecular complexity index is 566. The van der Waals surface area contributed by atoms with Crippen molar-refractivity contribution in [2.45, 2.75) is 6.18 Å². The predicted molar refractivity (Wildman–Crippen MR) is 75.3 cm³/mol. The molecule has 0 aliphatic heterocycles. The molecule has 112 valence electrons. The molecule has 0 N–H and O–H groups in total. The average Bonchev–Trinajstić information content (AvgIpc) is 2.41. The first kappa shape index (κ1) is 16.7. The summed E-state index contributed by atoms with van der Waals surface area (Å²) in [7, 11) is 1.07. The summed E-state index contributed by atoms with van der Waals surface area (Å²) in [5.74, 6) is 0. The highest BCUT2D eigenvalue weighted by Gasteiger charge is 2.30. The fraction of sp³-hybridized carbons (Fsp3) is 0.133. The van der Waals surface area contributed by atoms with Gasteiger partial charge in [-0.25, -0.2) is 0 Å². The largest absolute Gasteiger partial charge is 0.416 e. The smallest absolute Gasteiger partial charge is 0.166 e. The van der Waals surface area contributed by atoms with Crippen LogP contribution < -0.4 is 0 Å². The fourth-order valence-corrected chi connectivity index (χ4v) is 1.42. The molecule has 0 spiro atoms. The van der Waals surface area contributed by atoms with Gasteiger partial charge in [0.15, 0.2) is 0 Å². The van der Waals surface area contributed by atoms with Crippen LogP contribution in [0.4, 0.5) is 17.7 Å². The van der Waals surface area contributed by atoms with Gasteiger partial charge in [0.2, 0.25) is 0 Å². The number of alkyl halides is 3. The Balaban J connectivity index is 3.13. The van der Waals surface area contributed by atoms with Crippen molar-refractivity contribution < 1.29 is 17.7 Å². The zero-order chi connectivity index (χ0) is 16.0.